The van der Waals surface area contributed by atoms with E-state index in [1.165, 1.54) is 10.7 Å². The van der Waals surface area contributed by atoms with Crippen molar-refractivity contribution in [1.82, 2.24) is 9.78 Å². The molecule has 6 nitrogen and oxygen atoms in total. The van der Waals surface area contributed by atoms with Crippen LogP contribution in [0.25, 0.3) is 0 Å². The Bertz CT molecular complexity index is 646. The molecule has 2 N–H and O–H groups in total. The van der Waals surface area contributed by atoms with Crippen LogP contribution in [-0.4, -0.2) is 26.8 Å². The van der Waals surface area contributed by atoms with Gasteiger partial charge >= 0.3 is 5.97 Å². The summed E-state index contributed by atoms with van der Waals surface area (Å²) in [6.45, 7) is 1.72. The van der Waals surface area contributed by atoms with Crippen molar-refractivity contribution in [2.24, 2.45) is 7.05 Å². The number of nitrogens with one attached hydrogen (secondary N) is 1. The number of aryl methyl sites for hydroxylation is 2. The second-order valence-electron chi connectivity index (χ2n) is 4.11. The summed E-state index contributed by atoms with van der Waals surface area (Å²) in [4.78, 5) is 23.1. The van der Waals surface area contributed by atoms with E-state index in [1.807, 2.05) is 0 Å². The van der Waals surface area contributed by atoms with Crippen LogP contribution in [0.2, 0.25) is 0 Å². The molecule has 6 heteroatoms. The van der Waals surface area contributed by atoms with Gasteiger partial charge < -0.3 is 10.4 Å². The third-order valence-corrected chi connectivity index (χ3v) is 2.66. The summed E-state index contributed by atoms with van der Waals surface area (Å²) in [6, 6.07) is 6.26. The van der Waals surface area contributed by atoms with E-state index >= 15 is 0 Å². The van der Waals surface area contributed by atoms with E-state index in [0.717, 1.165) is 0 Å². The van der Waals surface area contributed by atoms with Gasteiger partial charge in [-0.15, -0.1) is 0 Å². The van der Waals surface area contributed by atoms with Crippen molar-refractivity contribution in [2.75, 3.05) is 5.32 Å². The molecular formula is C13H13N3O3. The van der Waals surface area contributed by atoms with Crippen LogP contribution in [0, 0.1) is 6.92 Å². The number of nitrogens with zero attached hydrogens (tertiary/aromatic N) is 2. The predicted octanol–water partition coefficient (Wildman–Crippen LogP) is 1.68. The first-order chi connectivity index (χ1) is 8.99. The minimum absolute atomic E-state index is 0.0531. The summed E-state index contributed by atoms with van der Waals surface area (Å²) >= 11 is 0. The number of amides is 1. The number of benzene rings is 1. The average molecular weight is 259 g/mol. The smallest absolute Gasteiger partial charge is 0.337 e. The molecule has 1 aromatic carbocycles. The number of carboxylic acid groups (broad SMARTS) is 1. The Morgan fingerprint density at radius 1 is 1.26 bits per heavy atom. The lowest BCUT2D eigenvalue weighted by Gasteiger charge is -2.07. The maximum absolute atomic E-state index is 12.1. The van der Waals surface area contributed by atoms with Crippen molar-refractivity contribution in [1.29, 1.82) is 0 Å². The van der Waals surface area contributed by atoms with Crippen LogP contribution in [0.5, 0.6) is 0 Å². The number of aromatic nitrogens is 2. The SMILES string of the molecule is Cc1nn(C)cc1C(=O)Nc1ccccc1C(=O)O. The highest BCUT2D eigenvalue weighted by atomic mass is 16.4. The quantitative estimate of drug-likeness (QED) is 0.878. The van der Waals surface area contributed by atoms with Gasteiger partial charge in [-0.3, -0.25) is 9.48 Å². The van der Waals surface area contributed by atoms with Gasteiger partial charge in [0.05, 0.1) is 22.5 Å². The third-order valence-electron chi connectivity index (χ3n) is 2.66. The van der Waals surface area contributed by atoms with Crippen molar-refractivity contribution in [2.45, 2.75) is 6.92 Å². The lowest BCUT2D eigenvalue weighted by Crippen LogP contribution is -2.15. The van der Waals surface area contributed by atoms with E-state index < -0.39 is 5.97 Å². The average Bonchev–Trinajstić information content (AvgIpc) is 2.69. The van der Waals surface area contributed by atoms with E-state index in [2.05, 4.69) is 10.4 Å². The molecule has 0 aliphatic heterocycles. The number of para-hydroxylation sites is 1. The summed E-state index contributed by atoms with van der Waals surface area (Å²) in [6.07, 6.45) is 1.59. The number of rotatable bonds is 3. The van der Waals surface area contributed by atoms with E-state index in [-0.39, 0.29) is 17.2 Å². The molecule has 1 amide bonds. The van der Waals surface area contributed by atoms with Gasteiger partial charge in [-0.2, -0.15) is 5.10 Å². The summed E-state index contributed by atoms with van der Waals surface area (Å²) in [7, 11) is 1.72. The van der Waals surface area contributed by atoms with Crippen LogP contribution >= 0.6 is 0 Å². The molecule has 0 aliphatic carbocycles. The zero-order chi connectivity index (χ0) is 14.0. The summed E-state index contributed by atoms with van der Waals surface area (Å²) in [5, 5.41) is 15.7. The molecule has 0 saturated heterocycles. The Labute approximate surface area is 109 Å². The van der Waals surface area contributed by atoms with Gasteiger partial charge in [0.1, 0.15) is 0 Å². The van der Waals surface area contributed by atoms with Crippen LogP contribution in [0.15, 0.2) is 30.5 Å². The monoisotopic (exact) mass is 259 g/mol. The van der Waals surface area contributed by atoms with Gasteiger partial charge in [0.15, 0.2) is 0 Å². The molecular weight excluding hydrogens is 246 g/mol. The largest absolute Gasteiger partial charge is 0.478 e. The molecule has 0 saturated carbocycles. The topological polar surface area (TPSA) is 84.2 Å². The lowest BCUT2D eigenvalue weighted by atomic mass is 10.1. The number of carboxylic acids is 1. The van der Waals surface area contributed by atoms with Gasteiger partial charge in [-0.1, -0.05) is 12.1 Å². The number of hydrogen-bond donors (Lipinski definition) is 2. The van der Waals surface area contributed by atoms with Gasteiger partial charge in [0.25, 0.3) is 5.91 Å². The number of aromatic carboxylic acids is 1. The zero-order valence-electron chi connectivity index (χ0n) is 10.5. The maximum Gasteiger partial charge on any atom is 0.337 e. The van der Waals surface area contributed by atoms with Crippen LogP contribution in [0.4, 0.5) is 5.69 Å². The van der Waals surface area contributed by atoms with E-state index in [9.17, 15) is 9.59 Å². The summed E-state index contributed by atoms with van der Waals surface area (Å²) in [5.74, 6) is -1.46. The van der Waals surface area contributed by atoms with Crippen LogP contribution in [0.1, 0.15) is 26.4 Å². The van der Waals surface area contributed by atoms with Crippen LogP contribution in [0.3, 0.4) is 0 Å². The summed E-state index contributed by atoms with van der Waals surface area (Å²) < 4.78 is 1.54. The fourth-order valence-corrected chi connectivity index (χ4v) is 1.79. The van der Waals surface area contributed by atoms with Gasteiger partial charge in [0.2, 0.25) is 0 Å². The highest BCUT2D eigenvalue weighted by molar-refractivity contribution is 6.08. The third kappa shape index (κ3) is 2.62. The number of carbonyl (C=O) groups is 2. The van der Waals surface area contributed by atoms with Gasteiger partial charge in [-0.05, 0) is 19.1 Å². The van der Waals surface area contributed by atoms with Crippen LogP contribution in [-0.2, 0) is 7.05 Å². The number of carbonyl (C=O) groups excluding carboxylic acids is 1. The molecule has 0 radical (unpaired) electrons. The molecule has 98 valence electrons. The second-order valence-corrected chi connectivity index (χ2v) is 4.11. The maximum atomic E-state index is 12.1. The van der Waals surface area contributed by atoms with Crippen molar-refractivity contribution in [3.63, 3.8) is 0 Å². The lowest BCUT2D eigenvalue weighted by molar-refractivity contribution is 0.0698. The number of anilines is 1. The minimum atomic E-state index is -1.08. The summed E-state index contributed by atoms with van der Waals surface area (Å²) in [5.41, 5.74) is 1.33. The van der Waals surface area contributed by atoms with E-state index in [0.29, 0.717) is 11.3 Å². The second kappa shape index (κ2) is 4.93. The van der Waals surface area contributed by atoms with E-state index in [1.54, 1.807) is 38.4 Å². The first-order valence-electron chi connectivity index (χ1n) is 5.63. The van der Waals surface area contributed by atoms with Crippen LogP contribution < -0.4 is 5.32 Å². The number of hydrogen-bond acceptors (Lipinski definition) is 3. The molecule has 0 spiro atoms. The molecule has 19 heavy (non-hydrogen) atoms. The Balaban J connectivity index is 2.29. The minimum Gasteiger partial charge on any atom is -0.478 e. The Hall–Kier alpha value is -2.63. The molecule has 2 rings (SSSR count). The highest BCUT2D eigenvalue weighted by Gasteiger charge is 2.16. The van der Waals surface area contributed by atoms with Crippen molar-refractivity contribution < 1.29 is 14.7 Å². The Kier molecular flexibility index (Phi) is 3.33. The zero-order valence-corrected chi connectivity index (χ0v) is 10.5. The predicted molar refractivity (Wildman–Crippen MR) is 69.3 cm³/mol. The van der Waals surface area contributed by atoms with Crippen molar-refractivity contribution in [3.05, 3.63) is 47.3 Å². The molecule has 1 aromatic heterocycles. The van der Waals surface area contributed by atoms with Crippen molar-refractivity contribution >= 4 is 17.6 Å². The molecule has 2 aromatic rings. The van der Waals surface area contributed by atoms with Crippen molar-refractivity contribution in [3.8, 4) is 0 Å². The fraction of sp³-hybridized carbons (Fsp3) is 0.154. The van der Waals surface area contributed by atoms with Gasteiger partial charge in [-0.25, -0.2) is 4.79 Å². The molecule has 0 atom stereocenters. The standard InChI is InChI=1S/C13H13N3O3/c1-8-10(7-16(2)15-8)12(17)14-11-6-4-3-5-9(11)13(18)19/h3-7H,1-2H3,(H,14,17)(H,18,19). The normalized spacial score (nSPS) is 10.2. The highest BCUT2D eigenvalue weighted by Crippen LogP contribution is 2.16. The van der Waals surface area contributed by atoms with E-state index in [4.69, 9.17) is 5.11 Å². The Morgan fingerprint density at radius 3 is 2.53 bits per heavy atom. The molecule has 0 fully saturated rings. The molecule has 0 unspecified atom stereocenters. The molecule has 0 bridgehead atoms. The molecule has 0 aliphatic rings. The first kappa shape index (κ1) is 12.8. The Morgan fingerprint density at radius 2 is 1.95 bits per heavy atom. The molecule has 1 heterocycles. The first-order valence-corrected chi connectivity index (χ1v) is 5.63. The van der Waals surface area contributed by atoms with Gasteiger partial charge in [0, 0.05) is 13.2 Å². The fourth-order valence-electron chi connectivity index (χ4n) is 1.79.